The van der Waals surface area contributed by atoms with Crippen molar-refractivity contribution in [1.29, 1.82) is 5.26 Å². The van der Waals surface area contributed by atoms with Gasteiger partial charge in [0.05, 0.1) is 12.5 Å². The minimum Gasteiger partial charge on any atom is -0.343 e. The van der Waals surface area contributed by atoms with Gasteiger partial charge in [-0.2, -0.15) is 5.26 Å². The molecule has 5 heteroatoms. The number of benzene rings is 1. The Hall–Kier alpha value is -2.61. The van der Waals surface area contributed by atoms with Gasteiger partial charge in [-0.1, -0.05) is 18.2 Å². The molecule has 0 aliphatic rings. The first-order valence-corrected chi connectivity index (χ1v) is 6.31. The van der Waals surface area contributed by atoms with Crippen LogP contribution in [0.15, 0.2) is 30.5 Å². The minimum atomic E-state index is -0.0848. The van der Waals surface area contributed by atoms with Crippen molar-refractivity contribution in [2.75, 3.05) is 13.6 Å². The maximum Gasteiger partial charge on any atom is 0.242 e. The molecule has 0 spiro atoms. The molecule has 1 amide bonds. The van der Waals surface area contributed by atoms with Crippen LogP contribution in [0.5, 0.6) is 0 Å². The molecule has 1 aromatic heterocycles. The highest BCUT2D eigenvalue weighted by Crippen LogP contribution is 2.19. The van der Waals surface area contributed by atoms with Crippen LogP contribution in [0, 0.1) is 11.3 Å². The maximum absolute atomic E-state index is 12.1. The number of hydrogen-bond donors (Lipinski definition) is 0. The first-order valence-electron chi connectivity index (χ1n) is 6.31. The zero-order valence-electron chi connectivity index (χ0n) is 11.2. The highest BCUT2D eigenvalue weighted by Gasteiger charge is 2.13. The highest BCUT2D eigenvalue weighted by molar-refractivity contribution is 5.98. The quantitative estimate of drug-likeness (QED) is 0.778. The van der Waals surface area contributed by atoms with E-state index < -0.39 is 0 Å². The number of fused-ring (bicyclic) bond motifs is 1. The lowest BCUT2D eigenvalue weighted by atomic mass is 10.2. The summed E-state index contributed by atoms with van der Waals surface area (Å²) in [6.45, 7) is 0.575. The molecule has 2 rings (SSSR count). The van der Waals surface area contributed by atoms with Crippen LogP contribution in [-0.2, 0) is 11.3 Å². The van der Waals surface area contributed by atoms with E-state index >= 15 is 0 Å². The SMILES string of the molecule is CN(CCC#N)C(=O)Cn1cc(C=O)c2ccccc21. The number of carbonyl (C=O) groups excluding carboxylic acids is 2. The maximum atomic E-state index is 12.1. The molecule has 0 aliphatic carbocycles. The molecular weight excluding hydrogens is 254 g/mol. The van der Waals surface area contributed by atoms with E-state index in [9.17, 15) is 9.59 Å². The molecule has 0 saturated heterocycles. The summed E-state index contributed by atoms with van der Waals surface area (Å²) in [7, 11) is 1.67. The third-order valence-corrected chi connectivity index (χ3v) is 3.24. The fourth-order valence-corrected chi connectivity index (χ4v) is 2.11. The van der Waals surface area contributed by atoms with Gasteiger partial charge in [-0.3, -0.25) is 9.59 Å². The molecule has 5 nitrogen and oxygen atoms in total. The van der Waals surface area contributed by atoms with E-state index in [4.69, 9.17) is 5.26 Å². The van der Waals surface area contributed by atoms with Crippen molar-refractivity contribution < 1.29 is 9.59 Å². The van der Waals surface area contributed by atoms with Crippen LogP contribution in [-0.4, -0.2) is 35.3 Å². The smallest absolute Gasteiger partial charge is 0.242 e. The van der Waals surface area contributed by atoms with Crippen LogP contribution >= 0.6 is 0 Å². The predicted molar refractivity (Wildman–Crippen MR) is 75.2 cm³/mol. The number of amides is 1. The number of nitriles is 1. The molecule has 0 aliphatic heterocycles. The number of likely N-dealkylation sites (N-methyl/N-ethyl adjacent to an activating group) is 1. The van der Waals surface area contributed by atoms with Crippen molar-refractivity contribution in [1.82, 2.24) is 9.47 Å². The average molecular weight is 269 g/mol. The lowest BCUT2D eigenvalue weighted by Gasteiger charge is -2.16. The monoisotopic (exact) mass is 269 g/mol. The van der Waals surface area contributed by atoms with Gasteiger partial charge < -0.3 is 9.47 Å². The van der Waals surface area contributed by atoms with Crippen molar-refractivity contribution >= 4 is 23.1 Å². The molecule has 0 unspecified atom stereocenters. The lowest BCUT2D eigenvalue weighted by Crippen LogP contribution is -2.30. The molecule has 20 heavy (non-hydrogen) atoms. The van der Waals surface area contributed by atoms with Crippen LogP contribution in [0.1, 0.15) is 16.8 Å². The molecular formula is C15H15N3O2. The Morgan fingerprint density at radius 3 is 2.90 bits per heavy atom. The number of para-hydroxylation sites is 1. The summed E-state index contributed by atoms with van der Waals surface area (Å²) < 4.78 is 1.77. The summed E-state index contributed by atoms with van der Waals surface area (Å²) in [4.78, 5) is 24.6. The number of aldehydes is 1. The minimum absolute atomic E-state index is 0.0848. The second-order valence-electron chi connectivity index (χ2n) is 4.57. The number of hydrogen-bond acceptors (Lipinski definition) is 3. The summed E-state index contributed by atoms with van der Waals surface area (Å²) >= 11 is 0. The Balaban J connectivity index is 2.24. The van der Waals surface area contributed by atoms with Crippen molar-refractivity contribution in [3.63, 3.8) is 0 Å². The first kappa shape index (κ1) is 13.8. The summed E-state index contributed by atoms with van der Waals surface area (Å²) in [5.41, 5.74) is 1.43. The summed E-state index contributed by atoms with van der Waals surface area (Å²) in [6.07, 6.45) is 2.80. The molecule has 0 bridgehead atoms. The number of rotatable bonds is 5. The zero-order valence-corrected chi connectivity index (χ0v) is 11.2. The van der Waals surface area contributed by atoms with Crippen LogP contribution in [0.4, 0.5) is 0 Å². The van der Waals surface area contributed by atoms with E-state index in [-0.39, 0.29) is 12.5 Å². The molecule has 0 atom stereocenters. The second-order valence-corrected chi connectivity index (χ2v) is 4.57. The molecule has 1 aromatic carbocycles. The van der Waals surface area contributed by atoms with Gasteiger partial charge in [0.1, 0.15) is 6.54 Å². The van der Waals surface area contributed by atoms with Crippen molar-refractivity contribution in [2.24, 2.45) is 0 Å². The van der Waals surface area contributed by atoms with Gasteiger partial charge in [-0.05, 0) is 6.07 Å². The van der Waals surface area contributed by atoms with Gasteiger partial charge in [0.25, 0.3) is 0 Å². The van der Waals surface area contributed by atoms with Gasteiger partial charge in [0, 0.05) is 36.3 Å². The number of carbonyl (C=O) groups is 2. The van der Waals surface area contributed by atoms with Gasteiger partial charge in [0.15, 0.2) is 6.29 Å². The standard InChI is InChI=1S/C15H15N3O2/c1-17(8-4-7-16)15(20)10-18-9-12(11-19)13-5-2-3-6-14(13)18/h2-3,5-6,9,11H,4,8,10H2,1H3. The molecule has 2 aromatic rings. The van der Waals surface area contributed by atoms with Gasteiger partial charge in [0.2, 0.25) is 5.91 Å². The van der Waals surface area contributed by atoms with Crippen molar-refractivity contribution in [2.45, 2.75) is 13.0 Å². The Morgan fingerprint density at radius 2 is 2.20 bits per heavy atom. The number of nitrogens with zero attached hydrogens (tertiary/aromatic N) is 3. The van der Waals surface area contributed by atoms with Crippen LogP contribution in [0.25, 0.3) is 10.9 Å². The Morgan fingerprint density at radius 1 is 1.45 bits per heavy atom. The van der Waals surface area contributed by atoms with Gasteiger partial charge in [-0.15, -0.1) is 0 Å². The van der Waals surface area contributed by atoms with E-state index in [2.05, 4.69) is 0 Å². The topological polar surface area (TPSA) is 66.1 Å². The Labute approximate surface area is 117 Å². The fourth-order valence-electron chi connectivity index (χ4n) is 2.11. The normalized spacial score (nSPS) is 10.2. The van der Waals surface area contributed by atoms with E-state index in [0.717, 1.165) is 17.2 Å². The second kappa shape index (κ2) is 6.02. The molecule has 0 fully saturated rings. The van der Waals surface area contributed by atoms with Crippen LogP contribution < -0.4 is 0 Å². The first-order chi connectivity index (χ1) is 9.67. The third kappa shape index (κ3) is 2.69. The Kier molecular flexibility index (Phi) is 4.16. The molecule has 102 valence electrons. The van der Waals surface area contributed by atoms with Gasteiger partial charge >= 0.3 is 0 Å². The highest BCUT2D eigenvalue weighted by atomic mass is 16.2. The molecule has 1 heterocycles. The molecule has 0 radical (unpaired) electrons. The largest absolute Gasteiger partial charge is 0.343 e. The lowest BCUT2D eigenvalue weighted by molar-refractivity contribution is -0.130. The fraction of sp³-hybridized carbons (Fsp3) is 0.267. The third-order valence-electron chi connectivity index (χ3n) is 3.24. The number of aromatic nitrogens is 1. The van der Waals surface area contributed by atoms with E-state index in [1.54, 1.807) is 17.8 Å². The van der Waals surface area contributed by atoms with Crippen LogP contribution in [0.3, 0.4) is 0 Å². The zero-order chi connectivity index (χ0) is 14.5. The van der Waals surface area contributed by atoms with E-state index in [1.807, 2.05) is 30.3 Å². The molecule has 0 saturated carbocycles. The van der Waals surface area contributed by atoms with Gasteiger partial charge in [-0.25, -0.2) is 0 Å². The summed E-state index contributed by atoms with van der Waals surface area (Å²) in [5, 5.41) is 9.37. The van der Waals surface area contributed by atoms with Crippen molar-refractivity contribution in [3.8, 4) is 6.07 Å². The van der Waals surface area contributed by atoms with E-state index in [1.165, 1.54) is 4.90 Å². The Bertz CT molecular complexity index is 682. The average Bonchev–Trinajstić information content (AvgIpc) is 2.83. The van der Waals surface area contributed by atoms with Crippen molar-refractivity contribution in [3.05, 3.63) is 36.0 Å². The van der Waals surface area contributed by atoms with Crippen LogP contribution in [0.2, 0.25) is 0 Å². The summed E-state index contributed by atoms with van der Waals surface area (Å²) in [6, 6.07) is 9.49. The predicted octanol–water partition coefficient (Wildman–Crippen LogP) is 1.83. The molecule has 0 N–H and O–H groups in total. The van der Waals surface area contributed by atoms with E-state index in [0.29, 0.717) is 18.5 Å². The summed E-state index contributed by atoms with van der Waals surface area (Å²) in [5.74, 6) is -0.0848.